The van der Waals surface area contributed by atoms with Crippen LogP contribution >= 0.6 is 0 Å². The van der Waals surface area contributed by atoms with E-state index in [2.05, 4.69) is 17.7 Å². The molecule has 0 aliphatic carbocycles. The molecule has 0 N–H and O–H groups in total. The summed E-state index contributed by atoms with van der Waals surface area (Å²) < 4.78 is 2.63. The van der Waals surface area contributed by atoms with Gasteiger partial charge in [0, 0.05) is 0 Å². The van der Waals surface area contributed by atoms with Crippen molar-refractivity contribution in [2.24, 2.45) is 0 Å². The van der Waals surface area contributed by atoms with E-state index in [0.717, 1.165) is 0 Å². The van der Waals surface area contributed by atoms with E-state index in [1.165, 1.54) is 25.9 Å². The summed E-state index contributed by atoms with van der Waals surface area (Å²) in [5, 5.41) is 0. The molecule has 47 valence electrons. The van der Waals surface area contributed by atoms with Crippen molar-refractivity contribution in [2.45, 2.75) is 25.9 Å². The van der Waals surface area contributed by atoms with E-state index < -0.39 is 0 Å². The summed E-state index contributed by atoms with van der Waals surface area (Å²) in [5.74, 6) is 0. The lowest BCUT2D eigenvalue weighted by Gasteiger charge is -2.16. The van der Waals surface area contributed by atoms with E-state index in [9.17, 15) is 0 Å². The van der Waals surface area contributed by atoms with Gasteiger partial charge in [-0.3, -0.25) is 0 Å². The summed E-state index contributed by atoms with van der Waals surface area (Å²) in [6, 6.07) is 0. The zero-order chi connectivity index (χ0) is 5.98. The maximum absolute atomic E-state index is 2.63. The fourth-order valence-electron chi connectivity index (χ4n) is 1.16. The van der Waals surface area contributed by atoms with E-state index in [0.29, 0.717) is 0 Å². The molecule has 0 atom stereocenters. The first-order valence-electron chi connectivity index (χ1n) is 3.36. The van der Waals surface area contributed by atoms with Crippen LogP contribution in [0.15, 0.2) is 0 Å². The van der Waals surface area contributed by atoms with Crippen LogP contribution in [0.1, 0.15) is 12.8 Å². The second kappa shape index (κ2) is 2.64. The molecule has 0 aromatic carbocycles. The van der Waals surface area contributed by atoms with E-state index in [4.69, 9.17) is 0 Å². The highest BCUT2D eigenvalue weighted by molar-refractivity contribution is 6.52. The van der Waals surface area contributed by atoms with Gasteiger partial charge in [0.2, 0.25) is 0 Å². The highest BCUT2D eigenvalue weighted by Crippen LogP contribution is 2.08. The molecule has 0 bridgehead atoms. The largest absolute Gasteiger partial charge is 0.325 e. The summed E-state index contributed by atoms with van der Waals surface area (Å²) >= 11 is 0. The van der Waals surface area contributed by atoms with Gasteiger partial charge in [0.1, 0.15) is 8.96 Å². The van der Waals surface area contributed by atoms with Crippen LogP contribution < -0.4 is 0 Å². The molecule has 0 amide bonds. The minimum absolute atomic E-state index is 0.0790. The molecule has 1 aliphatic heterocycles. The summed E-state index contributed by atoms with van der Waals surface area (Å²) in [6.45, 7) is 7.49. The Labute approximate surface area is 53.4 Å². The summed E-state index contributed by atoms with van der Waals surface area (Å²) in [5.41, 5.74) is 0. The summed E-state index contributed by atoms with van der Waals surface area (Å²) in [4.78, 5) is 0. The number of nitrogens with zero attached hydrogens (tertiary/aromatic N) is 1. The third-order valence-electron chi connectivity index (χ3n) is 1.74. The molecular weight excluding hydrogens is 114 g/mol. The van der Waals surface area contributed by atoms with Crippen LogP contribution in [-0.2, 0) is 0 Å². The molecule has 1 fully saturated rings. The van der Waals surface area contributed by atoms with Gasteiger partial charge < -0.3 is 4.57 Å². The molecule has 0 saturated carbocycles. The molecule has 0 aromatic rings. The van der Waals surface area contributed by atoms with Crippen LogP contribution in [0.3, 0.4) is 0 Å². The molecule has 1 saturated heterocycles. The third-order valence-corrected chi connectivity index (χ3v) is 3.45. The second-order valence-electron chi connectivity index (χ2n) is 2.64. The zero-order valence-corrected chi connectivity index (χ0v) is 6.78. The molecule has 8 heavy (non-hydrogen) atoms. The van der Waals surface area contributed by atoms with Crippen molar-refractivity contribution >= 4 is 8.96 Å². The topological polar surface area (TPSA) is 3.24 Å². The van der Waals surface area contributed by atoms with Crippen LogP contribution in [0.5, 0.6) is 0 Å². The average Bonchev–Trinajstić information content (AvgIpc) is 2.12. The van der Waals surface area contributed by atoms with Gasteiger partial charge in [0.25, 0.3) is 0 Å². The van der Waals surface area contributed by atoms with E-state index in [1.807, 2.05) is 0 Å². The van der Waals surface area contributed by atoms with Crippen molar-refractivity contribution in [1.29, 1.82) is 0 Å². The number of hydrogen-bond acceptors (Lipinski definition) is 1. The molecule has 2 heteroatoms. The summed E-state index contributed by atoms with van der Waals surface area (Å²) in [7, 11) is -0.0790. The normalized spacial score (nSPS) is 22.9. The quantitative estimate of drug-likeness (QED) is 0.482. The van der Waals surface area contributed by atoms with Crippen LogP contribution in [0, 0.1) is 0 Å². The third kappa shape index (κ3) is 1.33. The Bertz CT molecular complexity index is 66.9. The van der Waals surface area contributed by atoms with Gasteiger partial charge in [0.05, 0.1) is 0 Å². The first kappa shape index (κ1) is 6.30. The van der Waals surface area contributed by atoms with Gasteiger partial charge in [0.15, 0.2) is 0 Å². The Kier molecular flexibility index (Phi) is 2.08. The average molecular weight is 128 g/mol. The predicted octanol–water partition coefficient (Wildman–Crippen LogP) is 1.33. The molecule has 1 aliphatic rings. The fraction of sp³-hybridized carbons (Fsp3) is 1.00. The van der Waals surface area contributed by atoms with Crippen molar-refractivity contribution < 1.29 is 0 Å². The monoisotopic (exact) mass is 128 g/mol. The minimum Gasteiger partial charge on any atom is -0.325 e. The first-order valence-corrected chi connectivity index (χ1v) is 5.80. The van der Waals surface area contributed by atoms with E-state index in [1.54, 1.807) is 0 Å². The van der Waals surface area contributed by atoms with E-state index in [-0.39, 0.29) is 8.96 Å². The maximum atomic E-state index is 2.63. The smallest absolute Gasteiger partial charge is 0.129 e. The van der Waals surface area contributed by atoms with Crippen molar-refractivity contribution in [1.82, 2.24) is 4.57 Å². The SMILES string of the molecule is C[Si](C)N1CCCC1. The van der Waals surface area contributed by atoms with Crippen molar-refractivity contribution in [3.05, 3.63) is 0 Å². The number of rotatable bonds is 1. The molecular formula is C6H14NSi. The predicted molar refractivity (Wildman–Crippen MR) is 38.3 cm³/mol. The molecule has 0 aromatic heterocycles. The van der Waals surface area contributed by atoms with Gasteiger partial charge >= 0.3 is 0 Å². The Balaban J connectivity index is 2.24. The van der Waals surface area contributed by atoms with Crippen LogP contribution in [0.4, 0.5) is 0 Å². The zero-order valence-electron chi connectivity index (χ0n) is 5.78. The fourth-order valence-corrected chi connectivity index (χ4v) is 2.37. The molecule has 1 heterocycles. The van der Waals surface area contributed by atoms with Crippen LogP contribution in [-0.4, -0.2) is 26.6 Å². The van der Waals surface area contributed by atoms with Crippen LogP contribution in [0.25, 0.3) is 0 Å². The Morgan fingerprint density at radius 3 is 1.88 bits per heavy atom. The van der Waals surface area contributed by atoms with Gasteiger partial charge in [-0.05, 0) is 25.9 Å². The van der Waals surface area contributed by atoms with Crippen LogP contribution in [0.2, 0.25) is 13.1 Å². The van der Waals surface area contributed by atoms with Crippen molar-refractivity contribution in [3.8, 4) is 0 Å². The molecule has 1 nitrogen and oxygen atoms in total. The molecule has 0 unspecified atom stereocenters. The van der Waals surface area contributed by atoms with Gasteiger partial charge in [-0.25, -0.2) is 0 Å². The standard InChI is InChI=1S/C6H14NSi/c1-8(2)7-5-3-4-6-7/h3-6H2,1-2H3. The minimum atomic E-state index is -0.0790. The molecule has 0 spiro atoms. The van der Waals surface area contributed by atoms with Crippen molar-refractivity contribution in [2.75, 3.05) is 13.1 Å². The molecule has 1 radical (unpaired) electrons. The Morgan fingerprint density at radius 1 is 1.12 bits per heavy atom. The summed E-state index contributed by atoms with van der Waals surface area (Å²) in [6.07, 6.45) is 2.88. The highest BCUT2D eigenvalue weighted by Gasteiger charge is 2.14. The van der Waals surface area contributed by atoms with Gasteiger partial charge in [-0.2, -0.15) is 0 Å². The first-order chi connectivity index (χ1) is 3.80. The van der Waals surface area contributed by atoms with Crippen molar-refractivity contribution in [3.63, 3.8) is 0 Å². The van der Waals surface area contributed by atoms with E-state index >= 15 is 0 Å². The van der Waals surface area contributed by atoms with Gasteiger partial charge in [-0.1, -0.05) is 13.1 Å². The van der Waals surface area contributed by atoms with Gasteiger partial charge in [-0.15, -0.1) is 0 Å². The lowest BCUT2D eigenvalue weighted by molar-refractivity contribution is 0.540. The highest BCUT2D eigenvalue weighted by atomic mass is 28.3. The Hall–Kier alpha value is 0.177. The second-order valence-corrected chi connectivity index (χ2v) is 5.17. The Morgan fingerprint density at radius 2 is 1.62 bits per heavy atom. The lowest BCUT2D eigenvalue weighted by Crippen LogP contribution is -2.30. The molecule has 1 rings (SSSR count). The maximum Gasteiger partial charge on any atom is 0.129 e. The number of hydrogen-bond donors (Lipinski definition) is 0. The lowest BCUT2D eigenvalue weighted by atomic mass is 10.4.